The summed E-state index contributed by atoms with van der Waals surface area (Å²) >= 11 is 0. The van der Waals surface area contributed by atoms with Crippen LogP contribution in [-0.2, 0) is 14.3 Å². The van der Waals surface area contributed by atoms with Crippen molar-refractivity contribution in [3.8, 4) is 0 Å². The molecule has 1 rings (SSSR count). The van der Waals surface area contributed by atoms with E-state index in [1.165, 1.54) is 57.1 Å². The number of carbonyl (C=O) groups is 1. The van der Waals surface area contributed by atoms with E-state index >= 15 is 0 Å². The Hall–Kier alpha value is -1.36. The molecule has 1 aromatic rings. The van der Waals surface area contributed by atoms with Crippen molar-refractivity contribution in [3.05, 3.63) is 35.9 Å². The van der Waals surface area contributed by atoms with Crippen LogP contribution in [0.1, 0.15) is 81.5 Å². The zero-order valence-electron chi connectivity index (χ0n) is 20.7. The summed E-state index contributed by atoms with van der Waals surface area (Å²) in [5, 5.41) is 24.5. The second-order valence-electron chi connectivity index (χ2n) is 8.12. The van der Waals surface area contributed by atoms with Crippen molar-refractivity contribution < 1.29 is 32.7 Å². The van der Waals surface area contributed by atoms with E-state index in [9.17, 15) is 13.2 Å². The van der Waals surface area contributed by atoms with E-state index in [0.717, 1.165) is 12.8 Å². The lowest BCUT2D eigenvalue weighted by molar-refractivity contribution is 0.105. The maximum Gasteiger partial charge on any atom is 0.335 e. The summed E-state index contributed by atoms with van der Waals surface area (Å²) in [6.07, 6.45) is 11.6. The molecule has 3 N–H and O–H groups in total. The first-order chi connectivity index (χ1) is 16.4. The fourth-order valence-electron chi connectivity index (χ4n) is 3.29. The van der Waals surface area contributed by atoms with Gasteiger partial charge in [0.15, 0.2) is 0 Å². The second-order valence-corrected chi connectivity index (χ2v) is 9.64. The third-order valence-corrected chi connectivity index (χ3v) is 6.39. The zero-order valence-corrected chi connectivity index (χ0v) is 21.6. The lowest BCUT2D eigenvalue weighted by Crippen LogP contribution is -2.32. The highest BCUT2D eigenvalue weighted by molar-refractivity contribution is 8.02. The summed E-state index contributed by atoms with van der Waals surface area (Å²) in [6.45, 7) is 4.05. The molecule has 34 heavy (non-hydrogen) atoms. The van der Waals surface area contributed by atoms with Crippen LogP contribution in [0.2, 0.25) is 0 Å². The van der Waals surface area contributed by atoms with Crippen molar-refractivity contribution in [2.45, 2.75) is 71.1 Å². The van der Waals surface area contributed by atoms with E-state index in [2.05, 4.69) is 6.92 Å². The Morgan fingerprint density at radius 1 is 0.765 bits per heavy atom. The van der Waals surface area contributed by atoms with Gasteiger partial charge in [0, 0.05) is 25.2 Å². The number of benzene rings is 1. The van der Waals surface area contributed by atoms with E-state index in [0.29, 0.717) is 26.1 Å². The first-order valence-corrected chi connectivity index (χ1v) is 13.9. The summed E-state index contributed by atoms with van der Waals surface area (Å²) in [5.41, 5.74) is 0.139. The molecule has 0 spiro atoms. The first-order valence-electron chi connectivity index (χ1n) is 12.5. The minimum Gasteiger partial charge on any atom is -0.395 e. The average molecular weight is 504 g/mol. The van der Waals surface area contributed by atoms with Gasteiger partial charge in [-0.25, -0.2) is 0 Å². The molecule has 0 aliphatic rings. The number of carbonyl (C=O) groups excluding carboxylic acids is 1. The van der Waals surface area contributed by atoms with Crippen LogP contribution >= 0.6 is 0 Å². The molecule has 9 heteroatoms. The highest BCUT2D eigenvalue weighted by Gasteiger charge is 2.24. The van der Waals surface area contributed by atoms with Crippen LogP contribution in [0.25, 0.3) is 0 Å². The van der Waals surface area contributed by atoms with Gasteiger partial charge in [-0.05, 0) is 6.42 Å². The van der Waals surface area contributed by atoms with Crippen molar-refractivity contribution in [1.82, 2.24) is 4.90 Å². The molecule has 0 amide bonds. The topological polar surface area (TPSA) is 124 Å². The quantitative estimate of drug-likeness (QED) is 0.194. The molecule has 0 saturated heterocycles. The molecule has 0 saturated carbocycles. The Morgan fingerprint density at radius 2 is 1.21 bits per heavy atom. The summed E-state index contributed by atoms with van der Waals surface area (Å²) in [5.74, 6) is 0. The summed E-state index contributed by atoms with van der Waals surface area (Å²) in [6, 6.07) is 7.94. The third kappa shape index (κ3) is 17.1. The summed E-state index contributed by atoms with van der Waals surface area (Å²) in [7, 11) is -4.16. The fraction of sp³-hybridized carbons (Fsp3) is 0.720. The van der Waals surface area contributed by atoms with Gasteiger partial charge in [0.2, 0.25) is 0 Å². The van der Waals surface area contributed by atoms with Crippen LogP contribution < -0.4 is 0 Å². The maximum atomic E-state index is 11.9. The smallest absolute Gasteiger partial charge is 0.335 e. The number of nitrogens with zero attached hydrogens (tertiary/aromatic N) is 1. The molecule has 0 aliphatic heterocycles. The van der Waals surface area contributed by atoms with Crippen molar-refractivity contribution in [3.63, 3.8) is 0 Å². The van der Waals surface area contributed by atoms with Crippen LogP contribution in [0.3, 0.4) is 0 Å². The lowest BCUT2D eigenvalue weighted by atomic mass is 10.1. The van der Waals surface area contributed by atoms with Gasteiger partial charge in [0.25, 0.3) is 0 Å². The molecule has 198 valence electrons. The number of unbranched alkanes of at least 4 members (excludes halogenated alkanes) is 9. The van der Waals surface area contributed by atoms with Crippen LogP contribution in [0.15, 0.2) is 30.3 Å². The van der Waals surface area contributed by atoms with E-state index in [1.54, 1.807) is 23.1 Å². The van der Waals surface area contributed by atoms with Gasteiger partial charge in [-0.15, -0.1) is 0 Å². The Kier molecular flexibility index (Phi) is 21.2. The van der Waals surface area contributed by atoms with Gasteiger partial charge in [-0.2, -0.15) is 8.42 Å². The standard InChI is InChI=1S/C19H30O4S.C6H15NO3/c1-2-3-4-5-6-7-8-9-10-14-17-23-24(21,22)19(20)18-15-12-11-13-16-18;8-4-1-7(2-5-9)3-6-10/h11-13,15-16H,2-10,14,17H2,1H3;8-10H,1-6H2. The van der Waals surface area contributed by atoms with Gasteiger partial charge in [0.1, 0.15) is 0 Å². The van der Waals surface area contributed by atoms with Crippen molar-refractivity contribution in [2.75, 3.05) is 46.1 Å². The van der Waals surface area contributed by atoms with Crippen LogP contribution in [0.4, 0.5) is 0 Å². The molecule has 8 nitrogen and oxygen atoms in total. The molecular weight excluding hydrogens is 458 g/mol. The third-order valence-electron chi connectivity index (χ3n) is 5.22. The molecule has 0 aliphatic carbocycles. The molecule has 0 heterocycles. The zero-order chi connectivity index (χ0) is 25.5. The van der Waals surface area contributed by atoms with Crippen molar-refractivity contribution in [2.24, 2.45) is 0 Å². The van der Waals surface area contributed by atoms with Crippen LogP contribution in [0, 0.1) is 0 Å². The van der Waals surface area contributed by atoms with Gasteiger partial charge < -0.3 is 15.3 Å². The number of hydrogen-bond donors (Lipinski definition) is 3. The SMILES string of the molecule is CCCCCCCCCCCCOS(=O)(=O)C(=O)c1ccccc1.OCCN(CCO)CCO. The molecule has 0 unspecified atom stereocenters. The highest BCUT2D eigenvalue weighted by atomic mass is 32.2. The molecule has 0 bridgehead atoms. The van der Waals surface area contributed by atoms with E-state index in [-0.39, 0.29) is 32.0 Å². The van der Waals surface area contributed by atoms with Gasteiger partial charge in [-0.1, -0.05) is 95.0 Å². The van der Waals surface area contributed by atoms with Crippen molar-refractivity contribution in [1.29, 1.82) is 0 Å². The lowest BCUT2D eigenvalue weighted by Gasteiger charge is -2.17. The first kappa shape index (κ1) is 32.6. The second kappa shape index (κ2) is 22.1. The molecular formula is C25H45NO7S. The maximum absolute atomic E-state index is 11.9. The predicted octanol–water partition coefficient (Wildman–Crippen LogP) is 3.36. The van der Waals surface area contributed by atoms with Crippen molar-refractivity contribution >= 4 is 15.2 Å². The molecule has 0 radical (unpaired) electrons. The van der Waals surface area contributed by atoms with Crippen LogP contribution in [0.5, 0.6) is 0 Å². The minimum absolute atomic E-state index is 0.0694. The molecule has 0 aromatic heterocycles. The van der Waals surface area contributed by atoms with Crippen LogP contribution in [-0.4, -0.2) is 79.8 Å². The minimum atomic E-state index is -4.16. The largest absolute Gasteiger partial charge is 0.395 e. The van der Waals surface area contributed by atoms with E-state index < -0.39 is 15.2 Å². The van der Waals surface area contributed by atoms with Gasteiger partial charge in [-0.3, -0.25) is 13.9 Å². The number of hydrogen-bond acceptors (Lipinski definition) is 8. The summed E-state index contributed by atoms with van der Waals surface area (Å²) < 4.78 is 28.5. The number of rotatable bonds is 19. The highest BCUT2D eigenvalue weighted by Crippen LogP contribution is 2.12. The van der Waals surface area contributed by atoms with E-state index in [4.69, 9.17) is 19.5 Å². The van der Waals surface area contributed by atoms with Gasteiger partial charge in [0.05, 0.1) is 26.4 Å². The fourth-order valence-corrected chi connectivity index (χ4v) is 4.16. The van der Waals surface area contributed by atoms with E-state index in [1.807, 2.05) is 0 Å². The molecule has 1 aromatic carbocycles. The van der Waals surface area contributed by atoms with Gasteiger partial charge >= 0.3 is 15.2 Å². The number of aliphatic hydroxyl groups excluding tert-OH is 3. The average Bonchev–Trinajstić information content (AvgIpc) is 2.83. The normalized spacial score (nSPS) is 11.3. The molecule has 0 atom stereocenters. The number of aliphatic hydroxyl groups is 3. The Bertz CT molecular complexity index is 684. The Balaban J connectivity index is 0.000000916. The Morgan fingerprint density at radius 3 is 1.65 bits per heavy atom. The monoisotopic (exact) mass is 503 g/mol. The summed E-state index contributed by atoms with van der Waals surface area (Å²) in [4.78, 5) is 13.7. The predicted molar refractivity (Wildman–Crippen MR) is 135 cm³/mol. The Labute approximate surface area is 206 Å². The molecule has 0 fully saturated rings.